The lowest BCUT2D eigenvalue weighted by Gasteiger charge is -2.36. The minimum absolute atomic E-state index is 0.275. The maximum Gasteiger partial charge on any atom is 0.214 e. The molecule has 0 spiro atoms. The van der Waals surface area contributed by atoms with Gasteiger partial charge in [-0.1, -0.05) is 67.8 Å². The molecule has 1 atom stereocenters. The van der Waals surface area contributed by atoms with E-state index in [0.29, 0.717) is 0 Å². The highest BCUT2D eigenvalue weighted by atomic mass is 28.4. The number of allylic oxidation sites excluding steroid dienone is 1. The fourth-order valence-corrected chi connectivity index (χ4v) is 5.47. The SMILES string of the molecule is CCCCCCC1=CCC(c2ccccc2)O[Si]1(C)C. The van der Waals surface area contributed by atoms with Gasteiger partial charge in [-0.3, -0.25) is 0 Å². The van der Waals surface area contributed by atoms with E-state index in [1.54, 1.807) is 5.20 Å². The number of unbranched alkanes of at least 4 members (excludes halogenated alkanes) is 3. The van der Waals surface area contributed by atoms with Crippen LogP contribution in [0.1, 0.15) is 57.1 Å². The van der Waals surface area contributed by atoms with Gasteiger partial charge >= 0.3 is 0 Å². The lowest BCUT2D eigenvalue weighted by molar-refractivity contribution is 0.194. The Morgan fingerprint density at radius 1 is 1.10 bits per heavy atom. The van der Waals surface area contributed by atoms with E-state index in [0.717, 1.165) is 6.42 Å². The van der Waals surface area contributed by atoms with Crippen molar-refractivity contribution in [1.29, 1.82) is 0 Å². The third-order valence-electron chi connectivity index (χ3n) is 4.26. The molecule has 0 aromatic heterocycles. The van der Waals surface area contributed by atoms with Gasteiger partial charge in [0.15, 0.2) is 0 Å². The molecule has 0 bridgehead atoms. The minimum atomic E-state index is -1.66. The first-order chi connectivity index (χ1) is 9.63. The molecule has 0 saturated heterocycles. The molecule has 2 heteroatoms. The molecule has 1 aliphatic rings. The molecule has 1 heterocycles. The highest BCUT2D eigenvalue weighted by Crippen LogP contribution is 2.36. The molecule has 110 valence electrons. The van der Waals surface area contributed by atoms with E-state index in [2.05, 4.69) is 56.4 Å². The van der Waals surface area contributed by atoms with Crippen LogP contribution in [0.15, 0.2) is 41.6 Å². The normalized spacial score (nSPS) is 21.6. The number of hydrogen-bond acceptors (Lipinski definition) is 1. The average molecular weight is 289 g/mol. The summed E-state index contributed by atoms with van der Waals surface area (Å²) >= 11 is 0. The first-order valence-electron chi connectivity index (χ1n) is 8.06. The molecule has 1 aromatic rings. The predicted molar refractivity (Wildman–Crippen MR) is 89.2 cm³/mol. The highest BCUT2D eigenvalue weighted by Gasteiger charge is 2.34. The van der Waals surface area contributed by atoms with Gasteiger partial charge < -0.3 is 4.43 Å². The van der Waals surface area contributed by atoms with Gasteiger partial charge in [0, 0.05) is 0 Å². The van der Waals surface area contributed by atoms with Crippen molar-refractivity contribution in [1.82, 2.24) is 0 Å². The Bertz CT molecular complexity index is 436. The van der Waals surface area contributed by atoms with Gasteiger partial charge in [0.05, 0.1) is 6.10 Å². The van der Waals surface area contributed by atoms with E-state index in [1.165, 1.54) is 37.7 Å². The molecule has 1 aliphatic heterocycles. The first kappa shape index (κ1) is 15.5. The van der Waals surface area contributed by atoms with Crippen molar-refractivity contribution < 1.29 is 4.43 Å². The predicted octanol–water partition coefficient (Wildman–Crippen LogP) is 5.79. The number of hydrogen-bond donors (Lipinski definition) is 0. The quantitative estimate of drug-likeness (QED) is 0.475. The van der Waals surface area contributed by atoms with Crippen molar-refractivity contribution in [3.8, 4) is 0 Å². The Labute approximate surface area is 125 Å². The minimum Gasteiger partial charge on any atom is -0.406 e. The van der Waals surface area contributed by atoms with Gasteiger partial charge in [0.25, 0.3) is 0 Å². The summed E-state index contributed by atoms with van der Waals surface area (Å²) in [5.74, 6) is 0. The van der Waals surface area contributed by atoms with Gasteiger partial charge in [-0.25, -0.2) is 0 Å². The van der Waals surface area contributed by atoms with Gasteiger partial charge in [0.2, 0.25) is 8.32 Å². The second kappa shape index (κ2) is 7.23. The van der Waals surface area contributed by atoms with Crippen LogP contribution in [-0.4, -0.2) is 8.32 Å². The number of benzene rings is 1. The van der Waals surface area contributed by atoms with Crippen LogP contribution in [0.5, 0.6) is 0 Å². The molecule has 2 rings (SSSR count). The van der Waals surface area contributed by atoms with E-state index in [9.17, 15) is 0 Å². The second-order valence-corrected chi connectivity index (χ2v) is 10.2. The Hall–Kier alpha value is -0.863. The van der Waals surface area contributed by atoms with E-state index in [4.69, 9.17) is 4.43 Å². The monoisotopic (exact) mass is 288 g/mol. The summed E-state index contributed by atoms with van der Waals surface area (Å²) in [6, 6.07) is 10.7. The van der Waals surface area contributed by atoms with Gasteiger partial charge in [-0.15, -0.1) is 0 Å². The van der Waals surface area contributed by atoms with Crippen LogP contribution in [0.4, 0.5) is 0 Å². The summed E-state index contributed by atoms with van der Waals surface area (Å²) in [4.78, 5) is 0. The molecule has 0 fully saturated rings. The molecule has 1 unspecified atom stereocenters. The summed E-state index contributed by atoms with van der Waals surface area (Å²) in [6.07, 6.45) is 10.4. The fourth-order valence-electron chi connectivity index (χ4n) is 2.99. The van der Waals surface area contributed by atoms with Crippen molar-refractivity contribution in [2.24, 2.45) is 0 Å². The highest BCUT2D eigenvalue weighted by molar-refractivity contribution is 6.78. The third kappa shape index (κ3) is 4.06. The zero-order valence-electron chi connectivity index (χ0n) is 13.2. The number of rotatable bonds is 6. The maximum atomic E-state index is 6.50. The van der Waals surface area contributed by atoms with E-state index < -0.39 is 8.32 Å². The first-order valence-corrected chi connectivity index (χ1v) is 11.0. The third-order valence-corrected chi connectivity index (χ3v) is 7.13. The van der Waals surface area contributed by atoms with Crippen LogP contribution in [0, 0.1) is 0 Å². The molecular weight excluding hydrogens is 260 g/mol. The lowest BCUT2D eigenvalue weighted by atomic mass is 10.1. The van der Waals surface area contributed by atoms with E-state index in [-0.39, 0.29) is 6.10 Å². The smallest absolute Gasteiger partial charge is 0.214 e. The fraction of sp³-hybridized carbons (Fsp3) is 0.556. The van der Waals surface area contributed by atoms with E-state index in [1.807, 2.05) is 0 Å². The summed E-state index contributed by atoms with van der Waals surface area (Å²) in [5, 5.41) is 1.63. The molecule has 0 N–H and O–H groups in total. The van der Waals surface area contributed by atoms with Crippen LogP contribution in [0.25, 0.3) is 0 Å². The van der Waals surface area contributed by atoms with Crippen molar-refractivity contribution in [3.05, 3.63) is 47.2 Å². The Balaban J connectivity index is 1.97. The summed E-state index contributed by atoms with van der Waals surface area (Å²) in [6.45, 7) is 6.98. The van der Waals surface area contributed by atoms with E-state index >= 15 is 0 Å². The van der Waals surface area contributed by atoms with Gasteiger partial charge in [-0.2, -0.15) is 0 Å². The van der Waals surface area contributed by atoms with Crippen LogP contribution >= 0.6 is 0 Å². The molecular formula is C18H28OSi. The Kier molecular flexibility index (Phi) is 5.61. The standard InChI is InChI=1S/C18H28OSi/c1-4-5-6-10-13-17-14-15-18(19-20(17,2)3)16-11-8-7-9-12-16/h7-9,11-12,14,18H,4-6,10,13,15H2,1-3H3. The van der Waals surface area contributed by atoms with Crippen molar-refractivity contribution in [2.75, 3.05) is 0 Å². The van der Waals surface area contributed by atoms with Crippen molar-refractivity contribution >= 4 is 8.32 Å². The molecule has 0 radical (unpaired) electrons. The van der Waals surface area contributed by atoms with Gasteiger partial charge in [-0.05, 0) is 37.9 Å². The zero-order chi connectivity index (χ0) is 14.4. The summed E-state index contributed by atoms with van der Waals surface area (Å²) < 4.78 is 6.50. The largest absolute Gasteiger partial charge is 0.406 e. The molecule has 0 saturated carbocycles. The molecule has 20 heavy (non-hydrogen) atoms. The van der Waals surface area contributed by atoms with Gasteiger partial charge in [0.1, 0.15) is 0 Å². The maximum absolute atomic E-state index is 6.50. The molecule has 1 aromatic carbocycles. The lowest BCUT2D eigenvalue weighted by Crippen LogP contribution is -2.38. The Morgan fingerprint density at radius 2 is 1.85 bits per heavy atom. The molecule has 1 nitrogen and oxygen atoms in total. The van der Waals surface area contributed by atoms with Crippen LogP contribution in [-0.2, 0) is 4.43 Å². The summed E-state index contributed by atoms with van der Waals surface area (Å²) in [5.41, 5.74) is 1.33. The summed E-state index contributed by atoms with van der Waals surface area (Å²) in [7, 11) is -1.66. The zero-order valence-corrected chi connectivity index (χ0v) is 14.2. The van der Waals surface area contributed by atoms with Crippen molar-refractivity contribution in [2.45, 2.75) is 64.6 Å². The van der Waals surface area contributed by atoms with Crippen LogP contribution in [0.3, 0.4) is 0 Å². The second-order valence-electron chi connectivity index (χ2n) is 6.30. The average Bonchev–Trinajstić information content (AvgIpc) is 2.45. The van der Waals surface area contributed by atoms with Crippen LogP contribution in [0.2, 0.25) is 13.1 Å². The Morgan fingerprint density at radius 3 is 2.50 bits per heavy atom. The van der Waals surface area contributed by atoms with Crippen molar-refractivity contribution in [3.63, 3.8) is 0 Å². The van der Waals surface area contributed by atoms with Crippen LogP contribution < -0.4 is 0 Å². The molecule has 0 aliphatic carbocycles. The topological polar surface area (TPSA) is 9.23 Å². The molecule has 0 amide bonds.